The Morgan fingerprint density at radius 3 is 2.41 bits per heavy atom. The van der Waals surface area contributed by atoms with E-state index in [4.69, 9.17) is 4.42 Å². The summed E-state index contributed by atoms with van der Waals surface area (Å²) >= 11 is 0. The van der Waals surface area contributed by atoms with Crippen molar-refractivity contribution >= 4 is 0 Å². The van der Waals surface area contributed by atoms with Gasteiger partial charge in [-0.25, -0.2) is 9.07 Å². The second-order valence-electron chi connectivity index (χ2n) is 8.00. The smallest absolute Gasteiger partial charge is 0.173 e. The van der Waals surface area contributed by atoms with Crippen LogP contribution >= 0.6 is 0 Å². The van der Waals surface area contributed by atoms with Gasteiger partial charge in [0.15, 0.2) is 5.82 Å². The van der Waals surface area contributed by atoms with Gasteiger partial charge in [-0.15, -0.1) is 5.10 Å². The highest BCUT2D eigenvalue weighted by atomic mass is 19.1. The standard InChI is InChI=1S/C24H25FN6O/c25-22-11-5-4-10-21(22)23(24-26-27-28-31(24)18-20-9-6-16-32-20)30-14-12-29(13-15-30)17-19-7-2-1-3-8-19/h1-11,16,23H,12-15,17-18H2/t23-/m1/s1. The Morgan fingerprint density at radius 1 is 0.875 bits per heavy atom. The highest BCUT2D eigenvalue weighted by molar-refractivity contribution is 5.27. The van der Waals surface area contributed by atoms with Crippen molar-refractivity contribution in [2.75, 3.05) is 26.2 Å². The number of aromatic nitrogens is 4. The van der Waals surface area contributed by atoms with Crippen LogP contribution in [0, 0.1) is 5.82 Å². The maximum atomic E-state index is 14.9. The predicted octanol–water partition coefficient (Wildman–Crippen LogP) is 3.36. The second-order valence-corrected chi connectivity index (χ2v) is 8.00. The molecule has 2 aromatic heterocycles. The van der Waals surface area contributed by atoms with Crippen molar-refractivity contribution in [3.05, 3.63) is 102 Å². The van der Waals surface area contributed by atoms with E-state index in [0.717, 1.165) is 38.5 Å². The van der Waals surface area contributed by atoms with Crippen LogP contribution in [0.2, 0.25) is 0 Å². The van der Waals surface area contributed by atoms with Crippen LogP contribution in [-0.2, 0) is 13.1 Å². The normalized spacial score (nSPS) is 16.3. The molecular formula is C24H25FN6O. The molecule has 0 saturated carbocycles. The third-order valence-electron chi connectivity index (χ3n) is 5.91. The van der Waals surface area contributed by atoms with Gasteiger partial charge in [-0.05, 0) is 34.2 Å². The first kappa shape index (κ1) is 20.5. The van der Waals surface area contributed by atoms with Crippen LogP contribution in [0.15, 0.2) is 77.4 Å². The van der Waals surface area contributed by atoms with Gasteiger partial charge >= 0.3 is 0 Å². The van der Waals surface area contributed by atoms with Crippen LogP contribution in [0.3, 0.4) is 0 Å². The minimum absolute atomic E-state index is 0.253. The Labute approximate surface area is 186 Å². The molecule has 0 radical (unpaired) electrons. The van der Waals surface area contributed by atoms with Crippen molar-refractivity contribution < 1.29 is 8.81 Å². The molecule has 0 unspecified atom stereocenters. The molecule has 3 heterocycles. The molecule has 2 aromatic carbocycles. The van der Waals surface area contributed by atoms with E-state index in [2.05, 4.69) is 49.6 Å². The van der Waals surface area contributed by atoms with E-state index in [0.29, 0.717) is 17.9 Å². The maximum absolute atomic E-state index is 14.9. The van der Waals surface area contributed by atoms with E-state index in [1.54, 1.807) is 17.0 Å². The minimum Gasteiger partial charge on any atom is -0.467 e. The Kier molecular flexibility index (Phi) is 6.04. The molecule has 1 aliphatic rings. The van der Waals surface area contributed by atoms with Gasteiger partial charge in [0, 0.05) is 38.3 Å². The molecule has 1 fully saturated rings. The number of halogens is 1. The van der Waals surface area contributed by atoms with E-state index in [1.807, 2.05) is 30.3 Å². The Hall–Kier alpha value is -3.36. The third kappa shape index (κ3) is 4.46. The monoisotopic (exact) mass is 432 g/mol. The number of benzene rings is 2. The minimum atomic E-state index is -0.375. The van der Waals surface area contributed by atoms with Crippen LogP contribution < -0.4 is 0 Å². The lowest BCUT2D eigenvalue weighted by atomic mass is 10.0. The lowest BCUT2D eigenvalue weighted by Gasteiger charge is -2.39. The molecule has 1 aliphatic heterocycles. The lowest BCUT2D eigenvalue weighted by molar-refractivity contribution is 0.0989. The van der Waals surface area contributed by atoms with Gasteiger partial charge < -0.3 is 4.42 Å². The van der Waals surface area contributed by atoms with Crippen LogP contribution in [0.5, 0.6) is 0 Å². The highest BCUT2D eigenvalue weighted by Gasteiger charge is 2.32. The molecule has 4 aromatic rings. The van der Waals surface area contributed by atoms with Crippen molar-refractivity contribution in [1.82, 2.24) is 30.0 Å². The van der Waals surface area contributed by atoms with Gasteiger partial charge in [0.25, 0.3) is 0 Å². The Bertz CT molecular complexity index is 1120. The molecule has 0 aliphatic carbocycles. The van der Waals surface area contributed by atoms with Crippen molar-refractivity contribution in [2.45, 2.75) is 19.1 Å². The summed E-state index contributed by atoms with van der Waals surface area (Å²) in [6.45, 7) is 4.67. The molecule has 0 amide bonds. The zero-order valence-electron chi connectivity index (χ0n) is 17.7. The van der Waals surface area contributed by atoms with Crippen molar-refractivity contribution in [3.8, 4) is 0 Å². The van der Waals surface area contributed by atoms with Crippen molar-refractivity contribution in [3.63, 3.8) is 0 Å². The van der Waals surface area contributed by atoms with Gasteiger partial charge in [0.1, 0.15) is 24.2 Å². The summed E-state index contributed by atoms with van der Waals surface area (Å²) in [6.07, 6.45) is 1.62. The van der Waals surface area contributed by atoms with Gasteiger partial charge in [0.05, 0.1) is 6.26 Å². The van der Waals surface area contributed by atoms with Crippen molar-refractivity contribution in [1.29, 1.82) is 0 Å². The quantitative estimate of drug-likeness (QED) is 0.446. The molecule has 1 saturated heterocycles. The number of hydrogen-bond donors (Lipinski definition) is 0. The Balaban J connectivity index is 1.39. The third-order valence-corrected chi connectivity index (χ3v) is 5.91. The average molecular weight is 433 g/mol. The summed E-state index contributed by atoms with van der Waals surface area (Å²) in [4.78, 5) is 4.69. The molecule has 0 N–H and O–H groups in total. The molecule has 1 atom stereocenters. The van der Waals surface area contributed by atoms with Gasteiger partial charge in [-0.2, -0.15) is 0 Å². The second kappa shape index (κ2) is 9.42. The van der Waals surface area contributed by atoms with E-state index in [-0.39, 0.29) is 11.9 Å². The van der Waals surface area contributed by atoms with Gasteiger partial charge in [0.2, 0.25) is 0 Å². The van der Waals surface area contributed by atoms with E-state index >= 15 is 0 Å². The van der Waals surface area contributed by atoms with Crippen LogP contribution in [0.1, 0.15) is 28.8 Å². The SMILES string of the molecule is Fc1ccccc1[C@H](c1nnnn1Cc1ccco1)N1CCN(Cc2ccccc2)CC1. The summed E-state index contributed by atoms with van der Waals surface area (Å²) in [5.74, 6) is 1.11. The van der Waals surface area contributed by atoms with E-state index < -0.39 is 0 Å². The number of hydrogen-bond acceptors (Lipinski definition) is 6. The predicted molar refractivity (Wildman–Crippen MR) is 117 cm³/mol. The topological polar surface area (TPSA) is 63.2 Å². The fourth-order valence-corrected chi connectivity index (χ4v) is 4.29. The summed E-state index contributed by atoms with van der Waals surface area (Å²) in [5, 5.41) is 12.4. The number of tetrazole rings is 1. The summed E-state index contributed by atoms with van der Waals surface area (Å²) in [6, 6.07) is 20.7. The largest absolute Gasteiger partial charge is 0.467 e. The summed E-state index contributed by atoms with van der Waals surface area (Å²) in [5.41, 5.74) is 1.88. The zero-order valence-corrected chi connectivity index (χ0v) is 17.7. The molecule has 164 valence electrons. The molecular weight excluding hydrogens is 407 g/mol. The first-order valence-electron chi connectivity index (χ1n) is 10.8. The molecule has 5 rings (SSSR count). The fraction of sp³-hybridized carbons (Fsp3) is 0.292. The fourth-order valence-electron chi connectivity index (χ4n) is 4.29. The van der Waals surface area contributed by atoms with Gasteiger partial charge in [-0.3, -0.25) is 9.80 Å². The van der Waals surface area contributed by atoms with E-state index in [9.17, 15) is 4.39 Å². The average Bonchev–Trinajstić information content (AvgIpc) is 3.50. The molecule has 32 heavy (non-hydrogen) atoms. The summed E-state index contributed by atoms with van der Waals surface area (Å²) < 4.78 is 22.1. The number of piperazine rings is 1. The summed E-state index contributed by atoms with van der Waals surface area (Å²) in [7, 11) is 0. The van der Waals surface area contributed by atoms with Crippen LogP contribution in [0.4, 0.5) is 4.39 Å². The van der Waals surface area contributed by atoms with Gasteiger partial charge in [-0.1, -0.05) is 48.5 Å². The lowest BCUT2D eigenvalue weighted by Crippen LogP contribution is -2.48. The number of furan rings is 1. The number of rotatable bonds is 7. The maximum Gasteiger partial charge on any atom is 0.173 e. The Morgan fingerprint density at radius 2 is 1.66 bits per heavy atom. The first-order chi connectivity index (χ1) is 15.8. The molecule has 8 heteroatoms. The molecule has 0 spiro atoms. The van der Waals surface area contributed by atoms with Crippen LogP contribution in [-0.4, -0.2) is 56.2 Å². The molecule has 0 bridgehead atoms. The van der Waals surface area contributed by atoms with Crippen molar-refractivity contribution in [2.24, 2.45) is 0 Å². The number of nitrogens with zero attached hydrogens (tertiary/aromatic N) is 6. The van der Waals surface area contributed by atoms with Crippen LogP contribution in [0.25, 0.3) is 0 Å². The first-order valence-corrected chi connectivity index (χ1v) is 10.8. The van der Waals surface area contributed by atoms with E-state index in [1.165, 1.54) is 11.6 Å². The molecule has 7 nitrogen and oxygen atoms in total. The zero-order chi connectivity index (χ0) is 21.8. The highest BCUT2D eigenvalue weighted by Crippen LogP contribution is 2.30.